The summed E-state index contributed by atoms with van der Waals surface area (Å²) in [5, 5.41) is 10.0. The molecule has 0 N–H and O–H groups in total. The zero-order valence-corrected chi connectivity index (χ0v) is 4.87. The normalized spacial score (nSPS) is 9.44. The molecule has 0 aliphatic carbocycles. The third kappa shape index (κ3) is 1.07. The predicted octanol–water partition coefficient (Wildman–Crippen LogP) is -0.617. The molecule has 0 unspecified atom stereocenters. The minimum absolute atomic E-state index is 0.666. The average Bonchev–Trinajstić information content (AvgIpc) is 2.14. The molecule has 0 spiro atoms. The molecule has 0 saturated heterocycles. The fraction of sp³-hybridized carbons (Fsp3) is 0.200. The van der Waals surface area contributed by atoms with Crippen molar-refractivity contribution in [2.45, 2.75) is 6.92 Å². The second-order valence-corrected chi connectivity index (χ2v) is 1.69. The Bertz CT molecular complexity index is 229. The van der Waals surface area contributed by atoms with Gasteiger partial charge in [0.2, 0.25) is 0 Å². The highest BCUT2D eigenvalue weighted by Gasteiger charge is 1.90. The number of aryl methyl sites for hydroxylation is 1. The number of nitrogens with zero attached hydrogens (tertiary/aromatic N) is 2. The number of carbonyl (C=O) groups is 1. The molecule has 48 valence electrons. The molecule has 0 aliphatic rings. The lowest BCUT2D eigenvalue weighted by molar-refractivity contribution is -0.250. The van der Waals surface area contributed by atoms with Gasteiger partial charge in [-0.15, -0.1) is 0 Å². The van der Waals surface area contributed by atoms with Crippen LogP contribution in [0.15, 0.2) is 12.5 Å². The van der Waals surface area contributed by atoms with Crippen molar-refractivity contribution >= 4 is 6.09 Å². The van der Waals surface area contributed by atoms with Crippen molar-refractivity contribution in [3.63, 3.8) is 0 Å². The predicted molar refractivity (Wildman–Crippen MR) is 27.8 cm³/mol. The Morgan fingerprint density at radius 3 is 2.78 bits per heavy atom. The van der Waals surface area contributed by atoms with E-state index in [4.69, 9.17) is 0 Å². The summed E-state index contributed by atoms with van der Waals surface area (Å²) in [5.41, 5.74) is 0.666. The molecule has 0 aromatic carbocycles. The molecule has 1 aromatic rings. The van der Waals surface area contributed by atoms with Gasteiger partial charge in [0.1, 0.15) is 12.4 Å². The van der Waals surface area contributed by atoms with E-state index in [0.717, 1.165) is 4.57 Å². The molecule has 0 fully saturated rings. The van der Waals surface area contributed by atoms with E-state index in [1.54, 1.807) is 6.92 Å². The van der Waals surface area contributed by atoms with Crippen molar-refractivity contribution < 1.29 is 9.90 Å². The topological polar surface area (TPSA) is 58.0 Å². The lowest BCUT2D eigenvalue weighted by Crippen LogP contribution is -2.27. The van der Waals surface area contributed by atoms with Gasteiger partial charge in [0, 0.05) is 6.20 Å². The zero-order valence-electron chi connectivity index (χ0n) is 4.87. The second kappa shape index (κ2) is 1.89. The van der Waals surface area contributed by atoms with Gasteiger partial charge < -0.3 is 9.90 Å². The van der Waals surface area contributed by atoms with E-state index >= 15 is 0 Å². The Balaban J connectivity index is 2.98. The van der Waals surface area contributed by atoms with E-state index in [0.29, 0.717) is 5.69 Å². The Hall–Kier alpha value is -1.32. The molecule has 9 heavy (non-hydrogen) atoms. The summed E-state index contributed by atoms with van der Waals surface area (Å²) in [6.45, 7) is 1.71. The first-order chi connectivity index (χ1) is 4.20. The van der Waals surface area contributed by atoms with Crippen LogP contribution in [0.5, 0.6) is 0 Å². The van der Waals surface area contributed by atoms with Crippen LogP contribution in [0.3, 0.4) is 0 Å². The van der Waals surface area contributed by atoms with Gasteiger partial charge in [-0.1, -0.05) is 0 Å². The van der Waals surface area contributed by atoms with Crippen molar-refractivity contribution in [2.75, 3.05) is 0 Å². The third-order valence-electron chi connectivity index (χ3n) is 0.923. The van der Waals surface area contributed by atoms with Crippen molar-refractivity contribution in [1.29, 1.82) is 0 Å². The number of carbonyl (C=O) groups excluding carboxylic acids is 1. The molecule has 1 heterocycles. The van der Waals surface area contributed by atoms with Gasteiger partial charge in [-0.25, -0.2) is 4.98 Å². The van der Waals surface area contributed by atoms with Crippen molar-refractivity contribution in [3.8, 4) is 0 Å². The quantitative estimate of drug-likeness (QED) is 0.464. The number of carboxylic acid groups (broad SMARTS) is 1. The van der Waals surface area contributed by atoms with Crippen LogP contribution < -0.4 is 5.11 Å². The van der Waals surface area contributed by atoms with E-state index in [-0.39, 0.29) is 0 Å². The first-order valence-electron chi connectivity index (χ1n) is 2.42. The zero-order chi connectivity index (χ0) is 6.85. The Labute approximate surface area is 51.8 Å². The molecule has 1 rings (SSSR count). The van der Waals surface area contributed by atoms with E-state index in [1.165, 1.54) is 12.5 Å². The second-order valence-electron chi connectivity index (χ2n) is 1.69. The van der Waals surface area contributed by atoms with E-state index in [9.17, 15) is 9.90 Å². The molecule has 1 aromatic heterocycles. The Morgan fingerprint density at radius 1 is 1.89 bits per heavy atom. The smallest absolute Gasteiger partial charge is 0.146 e. The summed E-state index contributed by atoms with van der Waals surface area (Å²) in [4.78, 5) is 13.7. The first-order valence-corrected chi connectivity index (χ1v) is 2.42. The van der Waals surface area contributed by atoms with Gasteiger partial charge in [-0.05, 0) is 6.92 Å². The van der Waals surface area contributed by atoms with Gasteiger partial charge >= 0.3 is 0 Å². The summed E-state index contributed by atoms with van der Waals surface area (Å²) < 4.78 is 0.898. The minimum Gasteiger partial charge on any atom is -0.529 e. The molecule has 0 radical (unpaired) electrons. The number of hydrogen-bond donors (Lipinski definition) is 0. The highest BCUT2D eigenvalue weighted by Crippen LogP contribution is 1.89. The van der Waals surface area contributed by atoms with E-state index in [1.807, 2.05) is 0 Å². The monoisotopic (exact) mass is 125 g/mol. The van der Waals surface area contributed by atoms with Crippen LogP contribution in [0.25, 0.3) is 0 Å². The number of aromatic nitrogens is 2. The molecular weight excluding hydrogens is 120 g/mol. The van der Waals surface area contributed by atoms with Crippen LogP contribution in [0.4, 0.5) is 4.79 Å². The maximum atomic E-state index is 10.0. The summed E-state index contributed by atoms with van der Waals surface area (Å²) in [6, 6.07) is 0. The van der Waals surface area contributed by atoms with Crippen LogP contribution in [0, 0.1) is 6.92 Å². The van der Waals surface area contributed by atoms with Gasteiger partial charge in [0.25, 0.3) is 0 Å². The lowest BCUT2D eigenvalue weighted by atomic mass is 10.6. The number of rotatable bonds is 0. The molecule has 4 nitrogen and oxygen atoms in total. The fourth-order valence-corrected chi connectivity index (χ4v) is 0.521. The largest absolute Gasteiger partial charge is 0.529 e. The molecule has 4 heteroatoms. The molecule has 0 aliphatic heterocycles. The molecule has 0 saturated carbocycles. The van der Waals surface area contributed by atoms with E-state index < -0.39 is 6.09 Å². The van der Waals surface area contributed by atoms with Crippen molar-refractivity contribution in [1.82, 2.24) is 9.55 Å². The molecule has 0 amide bonds. The van der Waals surface area contributed by atoms with Crippen LogP contribution in [0.1, 0.15) is 5.69 Å². The van der Waals surface area contributed by atoms with Crippen LogP contribution in [0.2, 0.25) is 0 Å². The molecular formula is C5H5N2O2-. The van der Waals surface area contributed by atoms with Gasteiger partial charge in [-0.3, -0.25) is 4.57 Å². The van der Waals surface area contributed by atoms with Gasteiger partial charge in [-0.2, -0.15) is 0 Å². The molecule has 0 atom stereocenters. The van der Waals surface area contributed by atoms with Crippen molar-refractivity contribution in [2.24, 2.45) is 0 Å². The third-order valence-corrected chi connectivity index (χ3v) is 0.923. The maximum Gasteiger partial charge on any atom is 0.146 e. The summed E-state index contributed by atoms with van der Waals surface area (Å²) in [5.74, 6) is 0. The van der Waals surface area contributed by atoms with Crippen LogP contribution >= 0.6 is 0 Å². The summed E-state index contributed by atoms with van der Waals surface area (Å²) >= 11 is 0. The SMILES string of the molecule is Cc1cn(C(=O)[O-])cn1. The fourth-order valence-electron chi connectivity index (χ4n) is 0.521. The number of imidazole rings is 1. The number of hydrogen-bond acceptors (Lipinski definition) is 3. The van der Waals surface area contributed by atoms with Gasteiger partial charge in [0.05, 0.1) is 5.69 Å². The first kappa shape index (κ1) is 5.81. The highest BCUT2D eigenvalue weighted by molar-refractivity contribution is 5.65. The summed E-state index contributed by atoms with van der Waals surface area (Å²) in [7, 11) is 0. The van der Waals surface area contributed by atoms with Crippen LogP contribution in [-0.4, -0.2) is 15.6 Å². The standard InChI is InChI=1S/C5H6N2O2/c1-4-2-7(3-6-4)5(8)9/h2-3H,1H3,(H,8,9)/p-1. The maximum absolute atomic E-state index is 10.0. The molecule has 0 bridgehead atoms. The minimum atomic E-state index is -1.25. The van der Waals surface area contributed by atoms with E-state index in [2.05, 4.69) is 4.98 Å². The summed E-state index contributed by atoms with van der Waals surface area (Å²) in [6.07, 6.45) is 1.33. The highest BCUT2D eigenvalue weighted by atomic mass is 16.4. The average molecular weight is 125 g/mol. The Kier molecular flexibility index (Phi) is 1.22. The van der Waals surface area contributed by atoms with Crippen LogP contribution in [-0.2, 0) is 0 Å². The Morgan fingerprint density at radius 2 is 2.56 bits per heavy atom. The van der Waals surface area contributed by atoms with Crippen molar-refractivity contribution in [3.05, 3.63) is 18.2 Å². The lowest BCUT2D eigenvalue weighted by Gasteiger charge is -1.97. The van der Waals surface area contributed by atoms with Gasteiger partial charge in [0.15, 0.2) is 0 Å².